The summed E-state index contributed by atoms with van der Waals surface area (Å²) in [5.41, 5.74) is 1.42. The van der Waals surface area contributed by atoms with Crippen LogP contribution in [0, 0.1) is 0 Å². The van der Waals surface area contributed by atoms with E-state index in [2.05, 4.69) is 19.1 Å². The van der Waals surface area contributed by atoms with Crippen LogP contribution in [0.25, 0.3) is 11.4 Å². The van der Waals surface area contributed by atoms with Gasteiger partial charge in [0.15, 0.2) is 5.82 Å². The Labute approximate surface area is 138 Å². The molecule has 0 spiro atoms. The highest BCUT2D eigenvalue weighted by Crippen LogP contribution is 2.22. The number of hydrogen-bond acceptors (Lipinski definition) is 6. The Morgan fingerprint density at radius 2 is 1.83 bits per heavy atom. The van der Waals surface area contributed by atoms with Crippen molar-refractivity contribution < 1.29 is 8.42 Å². The summed E-state index contributed by atoms with van der Waals surface area (Å²) in [6.45, 7) is 1.74. The molecule has 1 atom stereocenters. The summed E-state index contributed by atoms with van der Waals surface area (Å²) in [5.74, 6) is 0.404. The van der Waals surface area contributed by atoms with E-state index in [1.54, 1.807) is 25.3 Å². The largest absolute Gasteiger partial charge is 0.270 e. The molecular formula is C15H14N4O2S2. The average Bonchev–Trinajstić information content (AvgIpc) is 3.07. The fourth-order valence-electron chi connectivity index (χ4n) is 2.00. The van der Waals surface area contributed by atoms with Crippen LogP contribution in [-0.2, 0) is 10.0 Å². The summed E-state index contributed by atoms with van der Waals surface area (Å²) in [6, 6.07) is 14.2. The first-order chi connectivity index (χ1) is 11.1. The van der Waals surface area contributed by atoms with Crippen molar-refractivity contribution in [2.24, 2.45) is 0 Å². The Morgan fingerprint density at radius 3 is 2.52 bits per heavy atom. The quantitative estimate of drug-likeness (QED) is 0.768. The second-order valence-corrected chi connectivity index (χ2v) is 7.49. The van der Waals surface area contributed by atoms with Crippen LogP contribution in [0.5, 0.6) is 0 Å². The summed E-state index contributed by atoms with van der Waals surface area (Å²) in [7, 11) is -3.74. The molecule has 0 aliphatic heterocycles. The highest BCUT2D eigenvalue weighted by atomic mass is 32.2. The third-order valence-corrected chi connectivity index (χ3v) is 5.74. The summed E-state index contributed by atoms with van der Waals surface area (Å²) < 4.78 is 31.5. The topological polar surface area (TPSA) is 84.8 Å². The van der Waals surface area contributed by atoms with Crippen molar-refractivity contribution >= 4 is 21.6 Å². The van der Waals surface area contributed by atoms with Crippen LogP contribution >= 0.6 is 11.5 Å². The predicted molar refractivity (Wildman–Crippen MR) is 88.3 cm³/mol. The minimum atomic E-state index is -3.74. The SMILES string of the molecule is C[C@@H](NS(=O)(=O)c1nc(-c2ccccc2)ns1)c1ccccn1. The van der Waals surface area contributed by atoms with Gasteiger partial charge < -0.3 is 0 Å². The number of rotatable bonds is 5. The molecule has 1 aromatic carbocycles. The van der Waals surface area contributed by atoms with E-state index in [4.69, 9.17) is 0 Å². The van der Waals surface area contributed by atoms with Gasteiger partial charge in [-0.3, -0.25) is 4.98 Å². The van der Waals surface area contributed by atoms with Crippen molar-refractivity contribution in [2.75, 3.05) is 0 Å². The lowest BCUT2D eigenvalue weighted by Gasteiger charge is -2.11. The number of hydrogen-bond donors (Lipinski definition) is 1. The molecule has 0 fully saturated rings. The van der Waals surface area contributed by atoms with Gasteiger partial charge in [0.1, 0.15) is 0 Å². The molecule has 0 aliphatic rings. The third kappa shape index (κ3) is 3.61. The van der Waals surface area contributed by atoms with E-state index in [0.29, 0.717) is 11.5 Å². The first-order valence-corrected chi connectivity index (χ1v) is 9.14. The van der Waals surface area contributed by atoms with Crippen molar-refractivity contribution in [1.29, 1.82) is 0 Å². The summed E-state index contributed by atoms with van der Waals surface area (Å²) in [6.07, 6.45) is 1.62. The fourth-order valence-corrected chi connectivity index (χ4v) is 3.98. The molecule has 3 aromatic rings. The van der Waals surface area contributed by atoms with Gasteiger partial charge in [0.25, 0.3) is 10.0 Å². The molecule has 0 saturated heterocycles. The lowest BCUT2D eigenvalue weighted by molar-refractivity contribution is 0.563. The third-order valence-electron chi connectivity index (χ3n) is 3.13. The van der Waals surface area contributed by atoms with Crippen molar-refractivity contribution in [3.05, 3.63) is 60.4 Å². The molecule has 1 N–H and O–H groups in total. The van der Waals surface area contributed by atoms with E-state index in [0.717, 1.165) is 17.1 Å². The molecule has 0 unspecified atom stereocenters. The van der Waals surface area contributed by atoms with Gasteiger partial charge in [-0.05, 0) is 30.6 Å². The van der Waals surface area contributed by atoms with Crippen LogP contribution in [0.15, 0.2) is 59.1 Å². The molecular weight excluding hydrogens is 332 g/mol. The molecule has 23 heavy (non-hydrogen) atoms. The van der Waals surface area contributed by atoms with E-state index < -0.39 is 16.1 Å². The molecule has 6 nitrogen and oxygen atoms in total. The van der Waals surface area contributed by atoms with Crippen molar-refractivity contribution in [2.45, 2.75) is 17.3 Å². The number of pyridine rings is 1. The number of sulfonamides is 1. The van der Waals surface area contributed by atoms with E-state index >= 15 is 0 Å². The second kappa shape index (κ2) is 6.53. The molecule has 3 rings (SSSR count). The van der Waals surface area contributed by atoms with E-state index in [1.807, 2.05) is 36.4 Å². The van der Waals surface area contributed by atoms with Gasteiger partial charge in [-0.15, -0.1) is 0 Å². The Kier molecular flexibility index (Phi) is 4.46. The number of benzene rings is 1. The molecule has 8 heteroatoms. The normalized spacial score (nSPS) is 12.9. The zero-order chi connectivity index (χ0) is 16.3. The number of aromatic nitrogens is 3. The lowest BCUT2D eigenvalue weighted by atomic mass is 10.2. The minimum Gasteiger partial charge on any atom is -0.260 e. The van der Waals surface area contributed by atoms with E-state index in [-0.39, 0.29) is 4.34 Å². The van der Waals surface area contributed by atoms with E-state index in [1.165, 1.54) is 0 Å². The van der Waals surface area contributed by atoms with Gasteiger partial charge in [0.2, 0.25) is 4.34 Å². The van der Waals surface area contributed by atoms with Crippen molar-refractivity contribution in [3.63, 3.8) is 0 Å². The molecule has 2 aromatic heterocycles. The van der Waals surface area contributed by atoms with Gasteiger partial charge in [0.05, 0.1) is 11.7 Å². The molecule has 0 aliphatic carbocycles. The highest BCUT2D eigenvalue weighted by Gasteiger charge is 2.23. The Morgan fingerprint density at radius 1 is 1.09 bits per heavy atom. The molecule has 118 valence electrons. The van der Waals surface area contributed by atoms with Crippen LogP contribution in [-0.4, -0.2) is 22.8 Å². The molecule has 2 heterocycles. The van der Waals surface area contributed by atoms with Gasteiger partial charge in [-0.2, -0.15) is 4.37 Å². The van der Waals surface area contributed by atoms with Crippen molar-refractivity contribution in [3.8, 4) is 11.4 Å². The number of nitrogens with zero attached hydrogens (tertiary/aromatic N) is 3. The zero-order valence-electron chi connectivity index (χ0n) is 12.2. The lowest BCUT2D eigenvalue weighted by Crippen LogP contribution is -2.27. The standard InChI is InChI=1S/C15H14N4O2S2/c1-11(13-9-5-6-10-16-13)19-23(20,21)15-17-14(18-22-15)12-7-3-2-4-8-12/h2-11,19H,1H3/t11-/m1/s1. The zero-order valence-corrected chi connectivity index (χ0v) is 13.9. The predicted octanol–water partition coefficient (Wildman–Crippen LogP) is 2.64. The van der Waals surface area contributed by atoms with Gasteiger partial charge in [-0.25, -0.2) is 18.1 Å². The van der Waals surface area contributed by atoms with Gasteiger partial charge in [0, 0.05) is 11.8 Å². The van der Waals surface area contributed by atoms with Gasteiger partial charge >= 0.3 is 0 Å². The fraction of sp³-hybridized carbons (Fsp3) is 0.133. The Hall–Kier alpha value is -2.16. The number of nitrogens with one attached hydrogen (secondary N) is 1. The highest BCUT2D eigenvalue weighted by molar-refractivity contribution is 7.91. The summed E-state index contributed by atoms with van der Waals surface area (Å²) in [5, 5.41) is 0. The van der Waals surface area contributed by atoms with Crippen LogP contribution in [0.1, 0.15) is 18.7 Å². The second-order valence-electron chi connectivity index (χ2n) is 4.85. The maximum absolute atomic E-state index is 12.4. The van der Waals surface area contributed by atoms with Gasteiger partial charge in [-0.1, -0.05) is 36.4 Å². The average molecular weight is 346 g/mol. The molecule has 0 radical (unpaired) electrons. The first-order valence-electron chi connectivity index (χ1n) is 6.88. The summed E-state index contributed by atoms with van der Waals surface area (Å²) in [4.78, 5) is 8.29. The Balaban J connectivity index is 1.82. The summed E-state index contributed by atoms with van der Waals surface area (Å²) >= 11 is 0.857. The van der Waals surface area contributed by atoms with Crippen LogP contribution in [0.4, 0.5) is 0 Å². The first kappa shape index (κ1) is 15.7. The minimum absolute atomic E-state index is 0.0564. The maximum atomic E-state index is 12.4. The molecule has 0 bridgehead atoms. The van der Waals surface area contributed by atoms with Crippen molar-refractivity contribution in [1.82, 2.24) is 19.1 Å². The van der Waals surface area contributed by atoms with E-state index in [9.17, 15) is 8.42 Å². The maximum Gasteiger partial charge on any atom is 0.270 e. The van der Waals surface area contributed by atoms with Crippen LogP contribution in [0.2, 0.25) is 0 Å². The molecule has 0 saturated carbocycles. The monoisotopic (exact) mass is 346 g/mol. The van der Waals surface area contributed by atoms with Crippen LogP contribution in [0.3, 0.4) is 0 Å². The smallest absolute Gasteiger partial charge is 0.260 e. The Bertz CT molecular complexity index is 880. The molecule has 0 amide bonds. The van der Waals surface area contributed by atoms with Crippen LogP contribution < -0.4 is 4.72 Å².